The molecule has 39 heavy (non-hydrogen) atoms. The SMILES string of the molecule is COc1cc(C#CC(C)(C)N(C)C)c([N+](=O)[O-])cc1Nc1ncc(Cl)c(-c2cn(C)c3ccccc23)n1.O=O. The average molecular weight is 551 g/mol. The minimum absolute atomic E-state index is 0.159. The van der Waals surface area contributed by atoms with E-state index < -0.39 is 10.5 Å². The van der Waals surface area contributed by atoms with E-state index in [1.165, 1.54) is 19.4 Å². The summed E-state index contributed by atoms with van der Waals surface area (Å²) in [7, 11) is 7.23. The third-order valence-electron chi connectivity index (χ3n) is 6.28. The van der Waals surface area contributed by atoms with Crippen LogP contribution in [0.5, 0.6) is 5.75 Å². The summed E-state index contributed by atoms with van der Waals surface area (Å²) in [6.07, 6.45) is 3.45. The second-order valence-corrected chi connectivity index (χ2v) is 9.62. The zero-order valence-electron chi connectivity index (χ0n) is 22.3. The van der Waals surface area contributed by atoms with Crippen LogP contribution in [0.2, 0.25) is 5.02 Å². The van der Waals surface area contributed by atoms with Crippen molar-refractivity contribution in [1.29, 1.82) is 0 Å². The van der Waals surface area contributed by atoms with Crippen molar-refractivity contribution < 1.29 is 9.66 Å². The molecule has 1 N–H and O–H groups in total. The minimum atomic E-state index is -0.479. The Labute approximate surface area is 230 Å². The Hall–Kier alpha value is -4.53. The predicted octanol–water partition coefficient (Wildman–Crippen LogP) is 5.71. The van der Waals surface area contributed by atoms with Crippen molar-refractivity contribution in [3.63, 3.8) is 0 Å². The molecule has 2 aromatic heterocycles. The Balaban J connectivity index is 0.00000205. The number of nitro benzene ring substituents is 1. The van der Waals surface area contributed by atoms with E-state index in [2.05, 4.69) is 27.1 Å². The number of nitrogens with one attached hydrogen (secondary N) is 1. The fourth-order valence-corrected chi connectivity index (χ4v) is 3.88. The van der Waals surface area contributed by atoms with Crippen LogP contribution in [0.15, 0.2) is 48.8 Å². The highest BCUT2D eigenvalue weighted by atomic mass is 35.5. The Morgan fingerprint density at radius 1 is 1.21 bits per heavy atom. The molecule has 0 radical (unpaired) electrons. The van der Waals surface area contributed by atoms with Gasteiger partial charge in [0.15, 0.2) is 0 Å². The highest BCUT2D eigenvalue weighted by Crippen LogP contribution is 2.36. The molecule has 4 rings (SSSR count). The summed E-state index contributed by atoms with van der Waals surface area (Å²) < 4.78 is 7.52. The van der Waals surface area contributed by atoms with E-state index >= 15 is 0 Å². The number of rotatable bonds is 6. The van der Waals surface area contributed by atoms with Gasteiger partial charge < -0.3 is 14.6 Å². The summed E-state index contributed by atoms with van der Waals surface area (Å²) >= 11 is 6.49. The number of hydrogen-bond acceptors (Lipinski definition) is 9. The Morgan fingerprint density at radius 3 is 2.54 bits per heavy atom. The Morgan fingerprint density at radius 2 is 1.90 bits per heavy atom. The van der Waals surface area contributed by atoms with Gasteiger partial charge in [0.25, 0.3) is 5.69 Å². The number of halogens is 1. The number of benzene rings is 2. The highest BCUT2D eigenvalue weighted by molar-refractivity contribution is 6.33. The number of hydrogen-bond donors (Lipinski definition) is 1. The maximum absolute atomic E-state index is 11.9. The fourth-order valence-electron chi connectivity index (χ4n) is 3.69. The quantitative estimate of drug-likeness (QED) is 0.182. The lowest BCUT2D eigenvalue weighted by atomic mass is 10.0. The molecule has 2 aromatic carbocycles. The molecule has 0 spiro atoms. The van der Waals surface area contributed by atoms with Crippen LogP contribution in [0.1, 0.15) is 19.4 Å². The number of ether oxygens (including phenoxy) is 1. The summed E-state index contributed by atoms with van der Waals surface area (Å²) in [5, 5.41) is 16.3. The second-order valence-electron chi connectivity index (χ2n) is 9.22. The van der Waals surface area contributed by atoms with Crippen molar-refractivity contribution in [3.05, 3.63) is 79.4 Å². The minimum Gasteiger partial charge on any atom is -0.495 e. The molecule has 0 aliphatic carbocycles. The van der Waals surface area contributed by atoms with E-state index in [1.807, 2.05) is 74.9 Å². The lowest BCUT2D eigenvalue weighted by Crippen LogP contribution is -2.36. The van der Waals surface area contributed by atoms with Gasteiger partial charge in [0.2, 0.25) is 5.95 Å². The molecule has 0 saturated heterocycles. The topological polar surface area (TPSA) is 132 Å². The van der Waals surface area contributed by atoms with E-state index in [-0.39, 0.29) is 17.2 Å². The number of nitro groups is 1. The van der Waals surface area contributed by atoms with Gasteiger partial charge in [0.1, 0.15) is 11.3 Å². The highest BCUT2D eigenvalue weighted by Gasteiger charge is 2.22. The van der Waals surface area contributed by atoms with Gasteiger partial charge in [-0.2, -0.15) is 0 Å². The van der Waals surface area contributed by atoms with Crippen molar-refractivity contribution in [2.45, 2.75) is 19.4 Å². The molecule has 0 unspecified atom stereocenters. The van der Waals surface area contributed by atoms with Crippen LogP contribution in [0.25, 0.3) is 22.2 Å². The van der Waals surface area contributed by atoms with Gasteiger partial charge in [-0.1, -0.05) is 41.6 Å². The van der Waals surface area contributed by atoms with Crippen LogP contribution in [0.3, 0.4) is 0 Å². The average Bonchev–Trinajstić information content (AvgIpc) is 3.26. The maximum atomic E-state index is 11.9. The summed E-state index contributed by atoms with van der Waals surface area (Å²) in [6.45, 7) is 3.87. The zero-order valence-corrected chi connectivity index (χ0v) is 23.0. The number of nitrogens with zero attached hydrogens (tertiary/aromatic N) is 5. The molecule has 0 bridgehead atoms. The normalized spacial score (nSPS) is 10.9. The van der Waals surface area contributed by atoms with Gasteiger partial charge >= 0.3 is 0 Å². The molecule has 0 aliphatic rings. The van der Waals surface area contributed by atoms with Crippen LogP contribution in [-0.2, 0) is 7.05 Å². The van der Waals surface area contributed by atoms with Gasteiger partial charge in [0, 0.05) is 51.8 Å². The fraction of sp³-hybridized carbons (Fsp3) is 0.259. The first kappa shape index (κ1) is 29.0. The summed E-state index contributed by atoms with van der Waals surface area (Å²) in [5.41, 5.74) is 2.36. The second kappa shape index (κ2) is 11.9. The third kappa shape index (κ3) is 6.14. The molecule has 0 atom stereocenters. The Bertz CT molecular complexity index is 1590. The van der Waals surface area contributed by atoms with Gasteiger partial charge in [-0.3, -0.25) is 15.0 Å². The monoisotopic (exact) mass is 550 g/mol. The smallest absolute Gasteiger partial charge is 0.287 e. The molecule has 0 saturated carbocycles. The van der Waals surface area contributed by atoms with Crippen LogP contribution in [-0.4, -0.2) is 51.1 Å². The van der Waals surface area contributed by atoms with Crippen LogP contribution >= 0.6 is 11.6 Å². The first-order valence-electron chi connectivity index (χ1n) is 11.6. The molecule has 0 fully saturated rings. The van der Waals surface area contributed by atoms with Crippen molar-refractivity contribution in [3.8, 4) is 28.8 Å². The molecule has 4 aromatic rings. The zero-order chi connectivity index (χ0) is 28.9. The standard InChI is InChI=1S/C27H27ClN6O3.O2/c1-27(2,32(3)4)12-11-17-13-24(37-6)21(14-23(17)34(35)36)30-26-29-15-20(28)25(31-26)19-16-33(5)22-10-8-7-9-18(19)22;1-2/h7-10,13-16H,1-6H3,(H,29,30,31);. The van der Waals surface area contributed by atoms with E-state index in [0.717, 1.165) is 16.5 Å². The first-order valence-corrected chi connectivity index (χ1v) is 12.0. The lowest BCUT2D eigenvalue weighted by molar-refractivity contribution is -0.385. The predicted molar refractivity (Wildman–Crippen MR) is 153 cm³/mol. The number of aryl methyl sites for hydroxylation is 1. The molecular weight excluding hydrogens is 524 g/mol. The molecule has 11 nitrogen and oxygen atoms in total. The molecule has 202 valence electrons. The van der Waals surface area contributed by atoms with Crippen LogP contribution < -0.4 is 10.1 Å². The van der Waals surface area contributed by atoms with Crippen molar-refractivity contribution in [2.75, 3.05) is 26.5 Å². The summed E-state index contributed by atoms with van der Waals surface area (Å²) in [5.74, 6) is 6.62. The van der Waals surface area contributed by atoms with E-state index in [9.17, 15) is 10.1 Å². The maximum Gasteiger partial charge on any atom is 0.287 e. The molecule has 0 amide bonds. The number of aromatic nitrogens is 3. The molecule has 2 heterocycles. The summed E-state index contributed by atoms with van der Waals surface area (Å²) in [4.78, 5) is 36.3. The number of anilines is 2. The number of para-hydroxylation sites is 1. The van der Waals surface area contributed by atoms with Crippen LogP contribution in [0.4, 0.5) is 17.3 Å². The third-order valence-corrected chi connectivity index (χ3v) is 6.55. The van der Waals surface area contributed by atoms with E-state index in [4.69, 9.17) is 26.3 Å². The molecular formula is C27H27ClN6O5. The number of fused-ring (bicyclic) bond motifs is 1. The van der Waals surface area contributed by atoms with E-state index in [1.54, 1.807) is 6.07 Å². The van der Waals surface area contributed by atoms with Gasteiger partial charge in [-0.05, 0) is 34.0 Å². The van der Waals surface area contributed by atoms with Gasteiger partial charge in [-0.15, -0.1) is 0 Å². The largest absolute Gasteiger partial charge is 0.495 e. The molecule has 12 heteroatoms. The van der Waals surface area contributed by atoms with Crippen molar-refractivity contribution >= 4 is 39.8 Å². The first-order chi connectivity index (χ1) is 18.5. The van der Waals surface area contributed by atoms with Gasteiger partial charge in [-0.25, -0.2) is 9.97 Å². The van der Waals surface area contributed by atoms with E-state index in [0.29, 0.717) is 22.2 Å². The summed E-state index contributed by atoms with van der Waals surface area (Å²) in [6, 6.07) is 10.9. The van der Waals surface area contributed by atoms with Crippen LogP contribution in [0, 0.1) is 31.9 Å². The van der Waals surface area contributed by atoms with Gasteiger partial charge in [0.05, 0.1) is 40.2 Å². The van der Waals surface area contributed by atoms with Crippen molar-refractivity contribution in [2.24, 2.45) is 7.05 Å². The lowest BCUT2D eigenvalue weighted by Gasteiger charge is -2.26. The molecule has 0 aliphatic heterocycles. The number of methoxy groups -OCH3 is 1. The van der Waals surface area contributed by atoms with Crippen molar-refractivity contribution in [1.82, 2.24) is 19.4 Å². The Kier molecular flexibility index (Phi) is 8.85.